The van der Waals surface area contributed by atoms with Crippen molar-refractivity contribution in [3.05, 3.63) is 70.9 Å². The van der Waals surface area contributed by atoms with Gasteiger partial charge in [-0.2, -0.15) is 0 Å². The Balaban J connectivity index is 1.35. The molecule has 1 aliphatic rings. The second kappa shape index (κ2) is 14.5. The molecule has 0 saturated heterocycles. The maximum absolute atomic E-state index is 13.2. The number of aromatic amines is 1. The number of H-pyrrole nitrogens is 1. The van der Waals surface area contributed by atoms with E-state index in [4.69, 9.17) is 14.2 Å². The third-order valence-corrected chi connectivity index (χ3v) is 8.09. The SMILES string of the molecule is CCc1cccc2c3c([nH]c12)C(CC)(CC(=O)C(=O)NCc1ccc(OCCCC/C=C/C(C)C)c(OC)c1)OCC3. The molecule has 2 aromatic carbocycles. The number of unbranched alkanes of at least 4 members (excludes halogenated alkanes) is 2. The Morgan fingerprint density at radius 2 is 1.98 bits per heavy atom. The molecule has 0 bridgehead atoms. The lowest BCUT2D eigenvalue weighted by molar-refractivity contribution is -0.144. The first-order valence-electron chi connectivity index (χ1n) is 15.4. The number of rotatable bonds is 15. The minimum absolute atomic E-state index is 0.0139. The van der Waals surface area contributed by atoms with Crippen molar-refractivity contribution < 1.29 is 23.8 Å². The summed E-state index contributed by atoms with van der Waals surface area (Å²) in [7, 11) is 1.60. The van der Waals surface area contributed by atoms with E-state index in [2.05, 4.69) is 61.4 Å². The lowest BCUT2D eigenvalue weighted by Crippen LogP contribution is -2.41. The second-order valence-corrected chi connectivity index (χ2v) is 11.4. The number of fused-ring (bicyclic) bond motifs is 3. The van der Waals surface area contributed by atoms with Gasteiger partial charge in [0.05, 0.1) is 32.4 Å². The third-order valence-electron chi connectivity index (χ3n) is 8.09. The first kappa shape index (κ1) is 31.4. The van der Waals surface area contributed by atoms with Gasteiger partial charge in [-0.25, -0.2) is 0 Å². The van der Waals surface area contributed by atoms with Crippen molar-refractivity contribution in [2.45, 2.75) is 84.8 Å². The summed E-state index contributed by atoms with van der Waals surface area (Å²) in [5, 5.41) is 3.97. The molecule has 226 valence electrons. The summed E-state index contributed by atoms with van der Waals surface area (Å²) < 4.78 is 17.7. The van der Waals surface area contributed by atoms with E-state index < -0.39 is 17.3 Å². The number of hydrogen-bond acceptors (Lipinski definition) is 5. The molecule has 0 radical (unpaired) electrons. The summed E-state index contributed by atoms with van der Waals surface area (Å²) in [6.07, 6.45) is 9.77. The molecule has 0 spiro atoms. The fourth-order valence-electron chi connectivity index (χ4n) is 5.72. The van der Waals surface area contributed by atoms with Crippen molar-refractivity contribution in [3.63, 3.8) is 0 Å². The number of carbonyl (C=O) groups excluding carboxylic acids is 2. The predicted octanol–water partition coefficient (Wildman–Crippen LogP) is 6.95. The topological polar surface area (TPSA) is 89.7 Å². The van der Waals surface area contributed by atoms with Crippen LogP contribution in [0.4, 0.5) is 0 Å². The van der Waals surface area contributed by atoms with Crippen LogP contribution in [0.5, 0.6) is 11.5 Å². The van der Waals surface area contributed by atoms with Gasteiger partial charge in [-0.1, -0.05) is 64.1 Å². The van der Waals surface area contributed by atoms with Crippen LogP contribution >= 0.6 is 0 Å². The number of allylic oxidation sites excluding steroid dienone is 2. The Morgan fingerprint density at radius 3 is 2.71 bits per heavy atom. The van der Waals surface area contributed by atoms with Crippen LogP contribution in [0.15, 0.2) is 48.6 Å². The normalized spacial score (nSPS) is 16.6. The molecule has 2 heterocycles. The van der Waals surface area contributed by atoms with Gasteiger partial charge in [0, 0.05) is 17.4 Å². The van der Waals surface area contributed by atoms with Gasteiger partial charge in [-0.3, -0.25) is 9.59 Å². The molecule has 3 aromatic rings. The molecule has 1 aliphatic heterocycles. The van der Waals surface area contributed by atoms with Crippen LogP contribution in [0.25, 0.3) is 10.9 Å². The van der Waals surface area contributed by atoms with E-state index in [1.54, 1.807) is 7.11 Å². The van der Waals surface area contributed by atoms with E-state index >= 15 is 0 Å². The number of benzene rings is 2. The molecule has 1 aromatic heterocycles. The number of carbonyl (C=O) groups is 2. The van der Waals surface area contributed by atoms with Crippen LogP contribution in [0.1, 0.15) is 82.2 Å². The van der Waals surface area contributed by atoms with Crippen molar-refractivity contribution >= 4 is 22.6 Å². The highest BCUT2D eigenvalue weighted by Gasteiger charge is 2.42. The summed E-state index contributed by atoms with van der Waals surface area (Å²) in [6, 6.07) is 11.9. The van der Waals surface area contributed by atoms with Crippen LogP contribution in [-0.4, -0.2) is 37.0 Å². The minimum atomic E-state index is -0.848. The number of aryl methyl sites for hydroxylation is 1. The van der Waals surface area contributed by atoms with Crippen LogP contribution in [0, 0.1) is 5.92 Å². The van der Waals surface area contributed by atoms with E-state index in [1.807, 2.05) is 25.1 Å². The molecular formula is C35H46N2O5. The highest BCUT2D eigenvalue weighted by molar-refractivity contribution is 6.36. The molecule has 1 unspecified atom stereocenters. The fourth-order valence-corrected chi connectivity index (χ4v) is 5.72. The summed E-state index contributed by atoms with van der Waals surface area (Å²) >= 11 is 0. The number of Topliss-reactive ketones (excluding diaryl/α,β-unsaturated/α-hetero) is 1. The van der Waals surface area contributed by atoms with Crippen LogP contribution in [-0.2, 0) is 39.3 Å². The number of methoxy groups -OCH3 is 1. The molecule has 42 heavy (non-hydrogen) atoms. The lowest BCUT2D eigenvalue weighted by Gasteiger charge is -2.36. The average Bonchev–Trinajstić information content (AvgIpc) is 3.39. The molecule has 1 atom stereocenters. The lowest BCUT2D eigenvalue weighted by atomic mass is 9.84. The predicted molar refractivity (Wildman–Crippen MR) is 167 cm³/mol. The Kier molecular flexibility index (Phi) is 10.9. The van der Waals surface area contributed by atoms with Crippen LogP contribution < -0.4 is 14.8 Å². The highest BCUT2D eigenvalue weighted by Crippen LogP contribution is 2.42. The Labute approximate surface area is 250 Å². The molecule has 7 nitrogen and oxygen atoms in total. The summed E-state index contributed by atoms with van der Waals surface area (Å²) in [4.78, 5) is 29.8. The number of hydrogen-bond donors (Lipinski definition) is 2. The summed E-state index contributed by atoms with van der Waals surface area (Å²) in [5.74, 6) is 0.740. The van der Waals surface area contributed by atoms with Gasteiger partial charge >= 0.3 is 0 Å². The molecule has 0 aliphatic carbocycles. The van der Waals surface area contributed by atoms with Gasteiger partial charge in [-0.15, -0.1) is 0 Å². The molecule has 0 fully saturated rings. The van der Waals surface area contributed by atoms with Gasteiger partial charge in [0.15, 0.2) is 11.5 Å². The number of nitrogens with one attached hydrogen (secondary N) is 2. The number of ketones is 1. The van der Waals surface area contributed by atoms with Crippen molar-refractivity contribution in [2.75, 3.05) is 20.3 Å². The van der Waals surface area contributed by atoms with Gasteiger partial charge < -0.3 is 24.5 Å². The molecular weight excluding hydrogens is 528 g/mol. The maximum atomic E-state index is 13.2. The van der Waals surface area contributed by atoms with Crippen LogP contribution in [0.3, 0.4) is 0 Å². The Bertz CT molecular complexity index is 1410. The van der Waals surface area contributed by atoms with E-state index in [-0.39, 0.29) is 13.0 Å². The Morgan fingerprint density at radius 1 is 1.14 bits per heavy atom. The first-order chi connectivity index (χ1) is 20.3. The van der Waals surface area contributed by atoms with Crippen LogP contribution in [0.2, 0.25) is 0 Å². The Hall–Kier alpha value is -3.58. The van der Waals surface area contributed by atoms with Gasteiger partial charge in [0.1, 0.15) is 5.60 Å². The zero-order valence-corrected chi connectivity index (χ0v) is 25.8. The molecule has 7 heteroatoms. The van der Waals surface area contributed by atoms with Crippen molar-refractivity contribution in [1.29, 1.82) is 0 Å². The maximum Gasteiger partial charge on any atom is 0.287 e. The summed E-state index contributed by atoms with van der Waals surface area (Å²) in [6.45, 7) is 9.82. The quantitative estimate of drug-likeness (QED) is 0.116. The zero-order valence-electron chi connectivity index (χ0n) is 25.8. The van der Waals surface area contributed by atoms with Gasteiger partial charge in [0.2, 0.25) is 5.78 Å². The number of ether oxygens (including phenoxy) is 3. The van der Waals surface area contributed by atoms with Crippen molar-refractivity contribution in [2.24, 2.45) is 5.92 Å². The van der Waals surface area contributed by atoms with Crippen molar-refractivity contribution in [3.8, 4) is 11.5 Å². The number of aromatic nitrogens is 1. The van der Waals surface area contributed by atoms with Gasteiger partial charge in [0.25, 0.3) is 5.91 Å². The molecule has 1 amide bonds. The molecule has 4 rings (SSSR count). The largest absolute Gasteiger partial charge is 0.493 e. The second-order valence-electron chi connectivity index (χ2n) is 11.4. The van der Waals surface area contributed by atoms with E-state index in [0.717, 1.165) is 48.9 Å². The number of amides is 1. The smallest absolute Gasteiger partial charge is 0.287 e. The highest BCUT2D eigenvalue weighted by atomic mass is 16.5. The van der Waals surface area contributed by atoms with Crippen molar-refractivity contribution in [1.82, 2.24) is 10.3 Å². The zero-order chi connectivity index (χ0) is 30.1. The standard InChI is InChI=1S/C35H46N2O5/c1-6-26-14-12-15-27-28-18-20-42-35(7-2,33(28)37-32(26)27)22-29(38)34(39)36-23-25-16-17-30(31(21-25)40-5)41-19-11-9-8-10-13-24(3)4/h10,12-17,21,24,37H,6-9,11,18-20,22-23H2,1-5H3,(H,36,39)/b13-10+. The fraction of sp³-hybridized carbons (Fsp3) is 0.486. The average molecular weight is 575 g/mol. The van der Waals surface area contributed by atoms with Gasteiger partial charge in [-0.05, 0) is 73.3 Å². The monoisotopic (exact) mass is 574 g/mol. The molecule has 0 saturated carbocycles. The van der Waals surface area contributed by atoms with E-state index in [9.17, 15) is 9.59 Å². The van der Waals surface area contributed by atoms with E-state index in [1.165, 1.54) is 16.5 Å². The summed E-state index contributed by atoms with van der Waals surface area (Å²) in [5.41, 5.74) is 4.43. The minimum Gasteiger partial charge on any atom is -0.493 e. The first-order valence-corrected chi connectivity index (χ1v) is 15.4. The number of para-hydroxylation sites is 1. The molecule has 2 N–H and O–H groups in total. The third kappa shape index (κ3) is 7.24. The van der Waals surface area contributed by atoms with E-state index in [0.29, 0.717) is 37.1 Å².